The molecule has 1 aromatic heterocycles. The summed E-state index contributed by atoms with van der Waals surface area (Å²) in [7, 11) is 3.27. The van der Waals surface area contributed by atoms with Gasteiger partial charge in [0.25, 0.3) is 5.91 Å². The summed E-state index contributed by atoms with van der Waals surface area (Å²) in [6.07, 6.45) is 0.840. The molecule has 2 aliphatic heterocycles. The van der Waals surface area contributed by atoms with E-state index >= 15 is 0 Å². The Balaban J connectivity index is 1.69. The molecule has 7 nitrogen and oxygen atoms in total. The number of nitrogens with zero attached hydrogens (tertiary/aromatic N) is 1. The van der Waals surface area contributed by atoms with Crippen LogP contribution in [0.1, 0.15) is 22.0 Å². The molecule has 0 saturated carbocycles. The van der Waals surface area contributed by atoms with Crippen molar-refractivity contribution in [2.24, 2.45) is 0 Å². The third-order valence-electron chi connectivity index (χ3n) is 5.44. The normalized spacial score (nSPS) is 21.2. The first-order valence-electron chi connectivity index (χ1n) is 9.33. The van der Waals surface area contributed by atoms with E-state index in [4.69, 9.17) is 9.47 Å². The Morgan fingerprint density at radius 3 is 2.75 bits per heavy atom. The number of methoxy groups -OCH3 is 2. The highest BCUT2D eigenvalue weighted by Crippen LogP contribution is 2.37. The standard InChI is InChI=1S/C20H23N3O4S/c1-26-15-10-13-5-7-22(12-18(24)23-8-6-21-20(23)25)19(17-4-3-9-28-17)14(13)11-16(15)27-2/h3-4,9-11,19H,5-8,12H2,1-2H3,(H,21,25)/p+1/t19-/m0/s1. The van der Waals surface area contributed by atoms with Crippen LogP contribution in [0.5, 0.6) is 11.5 Å². The van der Waals surface area contributed by atoms with E-state index in [0.717, 1.165) is 29.2 Å². The largest absolute Gasteiger partial charge is 0.493 e. The maximum atomic E-state index is 12.8. The molecule has 1 aromatic carbocycles. The molecule has 2 aromatic rings. The van der Waals surface area contributed by atoms with Gasteiger partial charge < -0.3 is 19.7 Å². The van der Waals surface area contributed by atoms with Gasteiger partial charge in [-0.3, -0.25) is 9.69 Å². The average molecular weight is 402 g/mol. The van der Waals surface area contributed by atoms with Crippen LogP contribution in [-0.4, -0.2) is 57.2 Å². The van der Waals surface area contributed by atoms with Gasteiger partial charge in [0.2, 0.25) is 0 Å². The highest BCUT2D eigenvalue weighted by Gasteiger charge is 2.38. The number of benzene rings is 1. The van der Waals surface area contributed by atoms with Crippen molar-refractivity contribution in [3.05, 3.63) is 45.6 Å². The van der Waals surface area contributed by atoms with Gasteiger partial charge in [0.15, 0.2) is 18.0 Å². The second-order valence-corrected chi connectivity index (χ2v) is 7.95. The van der Waals surface area contributed by atoms with Crippen LogP contribution in [0.2, 0.25) is 0 Å². The summed E-state index contributed by atoms with van der Waals surface area (Å²) in [6, 6.07) is 7.95. The first kappa shape index (κ1) is 18.8. The van der Waals surface area contributed by atoms with Crippen LogP contribution >= 0.6 is 11.3 Å². The van der Waals surface area contributed by atoms with Gasteiger partial charge in [0.1, 0.15) is 6.04 Å². The smallest absolute Gasteiger partial charge is 0.324 e. The fourth-order valence-electron chi connectivity index (χ4n) is 4.08. The first-order valence-corrected chi connectivity index (χ1v) is 10.2. The Morgan fingerprint density at radius 1 is 1.32 bits per heavy atom. The van der Waals surface area contributed by atoms with Crippen LogP contribution < -0.4 is 19.7 Å². The van der Waals surface area contributed by atoms with Crippen molar-refractivity contribution in [2.75, 3.05) is 40.4 Å². The van der Waals surface area contributed by atoms with E-state index in [1.165, 1.54) is 15.3 Å². The molecule has 2 N–H and O–H groups in total. The number of hydrogen-bond acceptors (Lipinski definition) is 5. The van der Waals surface area contributed by atoms with Crippen LogP contribution in [-0.2, 0) is 11.2 Å². The third kappa shape index (κ3) is 3.33. The van der Waals surface area contributed by atoms with E-state index in [0.29, 0.717) is 18.8 Å². The highest BCUT2D eigenvalue weighted by molar-refractivity contribution is 7.10. The molecule has 3 amide bonds. The van der Waals surface area contributed by atoms with Crippen LogP contribution in [0, 0.1) is 0 Å². The number of nitrogens with one attached hydrogen (secondary N) is 2. The maximum absolute atomic E-state index is 12.8. The number of carbonyl (C=O) groups excluding carboxylic acids is 2. The fraction of sp³-hybridized carbons (Fsp3) is 0.400. The van der Waals surface area contributed by atoms with Gasteiger partial charge in [-0.05, 0) is 29.1 Å². The number of quaternary nitrogens is 1. The quantitative estimate of drug-likeness (QED) is 0.778. The lowest BCUT2D eigenvalue weighted by Gasteiger charge is -2.34. The monoisotopic (exact) mass is 402 g/mol. The van der Waals surface area contributed by atoms with Gasteiger partial charge in [-0.15, -0.1) is 11.3 Å². The van der Waals surface area contributed by atoms with E-state index in [2.05, 4.69) is 16.8 Å². The van der Waals surface area contributed by atoms with Crippen molar-refractivity contribution in [1.29, 1.82) is 0 Å². The Morgan fingerprint density at radius 2 is 2.11 bits per heavy atom. The molecule has 0 bridgehead atoms. The fourth-order valence-corrected chi connectivity index (χ4v) is 4.98. The Kier molecular flexibility index (Phi) is 5.23. The minimum Gasteiger partial charge on any atom is -0.493 e. The van der Waals surface area contributed by atoms with Gasteiger partial charge in [-0.2, -0.15) is 0 Å². The van der Waals surface area contributed by atoms with Gasteiger partial charge in [-0.1, -0.05) is 6.07 Å². The number of carbonyl (C=O) groups is 2. The average Bonchev–Trinajstić information content (AvgIpc) is 3.38. The molecular formula is C20H24N3O4S+. The van der Waals surface area contributed by atoms with Gasteiger partial charge >= 0.3 is 6.03 Å². The summed E-state index contributed by atoms with van der Waals surface area (Å²) in [5.41, 5.74) is 2.37. The number of rotatable bonds is 5. The molecule has 2 aliphatic rings. The van der Waals surface area contributed by atoms with Crippen molar-refractivity contribution < 1.29 is 24.0 Å². The molecule has 0 radical (unpaired) electrons. The van der Waals surface area contributed by atoms with Gasteiger partial charge in [-0.25, -0.2) is 4.79 Å². The molecular weight excluding hydrogens is 378 g/mol. The zero-order valence-electron chi connectivity index (χ0n) is 16.0. The maximum Gasteiger partial charge on any atom is 0.324 e. The van der Waals surface area contributed by atoms with Crippen molar-refractivity contribution in [2.45, 2.75) is 12.5 Å². The number of imide groups is 1. The molecule has 0 aliphatic carbocycles. The SMILES string of the molecule is COc1cc2c(cc1OC)[C@@H](c1cccs1)[NH+](CC(=O)N1CCNC1=O)CC2. The second-order valence-electron chi connectivity index (χ2n) is 6.97. The van der Waals surface area contributed by atoms with E-state index in [9.17, 15) is 9.59 Å². The lowest BCUT2D eigenvalue weighted by atomic mass is 9.91. The number of amides is 3. The van der Waals surface area contributed by atoms with Crippen molar-refractivity contribution in [3.63, 3.8) is 0 Å². The zero-order valence-corrected chi connectivity index (χ0v) is 16.8. The summed E-state index contributed by atoms with van der Waals surface area (Å²) in [6.45, 7) is 2.06. The number of thiophene rings is 1. The molecule has 1 fully saturated rings. The predicted octanol–water partition coefficient (Wildman–Crippen LogP) is 0.847. The molecule has 3 heterocycles. The molecule has 8 heteroatoms. The molecule has 28 heavy (non-hydrogen) atoms. The Bertz CT molecular complexity index is 884. The first-order chi connectivity index (χ1) is 13.6. The Hall–Kier alpha value is -2.58. The van der Waals surface area contributed by atoms with Crippen molar-refractivity contribution >= 4 is 23.3 Å². The minimum atomic E-state index is -0.291. The molecule has 1 unspecified atom stereocenters. The summed E-state index contributed by atoms with van der Waals surface area (Å²) in [4.78, 5) is 28.3. The number of urea groups is 1. The van der Waals surface area contributed by atoms with Crippen LogP contribution in [0.15, 0.2) is 29.6 Å². The summed E-state index contributed by atoms with van der Waals surface area (Å²) in [5, 5.41) is 4.75. The third-order valence-corrected chi connectivity index (χ3v) is 6.38. The van der Waals surface area contributed by atoms with Gasteiger partial charge in [0, 0.05) is 25.1 Å². The summed E-state index contributed by atoms with van der Waals surface area (Å²) >= 11 is 1.68. The summed E-state index contributed by atoms with van der Waals surface area (Å²) in [5.74, 6) is 1.28. The van der Waals surface area contributed by atoms with Crippen LogP contribution in [0.25, 0.3) is 0 Å². The predicted molar refractivity (Wildman–Crippen MR) is 105 cm³/mol. The topological polar surface area (TPSA) is 72.3 Å². The number of hydrogen-bond donors (Lipinski definition) is 2. The second kappa shape index (κ2) is 7.81. The van der Waals surface area contributed by atoms with E-state index in [-0.39, 0.29) is 24.5 Å². The molecule has 2 atom stereocenters. The molecule has 0 spiro atoms. The van der Waals surface area contributed by atoms with Crippen molar-refractivity contribution in [1.82, 2.24) is 10.2 Å². The van der Waals surface area contributed by atoms with Crippen LogP contribution in [0.3, 0.4) is 0 Å². The van der Waals surface area contributed by atoms with Gasteiger partial charge in [0.05, 0.1) is 25.6 Å². The van der Waals surface area contributed by atoms with Crippen molar-refractivity contribution in [3.8, 4) is 11.5 Å². The number of fused-ring (bicyclic) bond motifs is 1. The molecule has 1 saturated heterocycles. The van der Waals surface area contributed by atoms with E-state index in [1.807, 2.05) is 18.2 Å². The summed E-state index contributed by atoms with van der Waals surface area (Å²) < 4.78 is 11.0. The van der Waals surface area contributed by atoms with E-state index in [1.54, 1.807) is 25.6 Å². The lowest BCUT2D eigenvalue weighted by molar-refractivity contribution is -0.920. The highest BCUT2D eigenvalue weighted by atomic mass is 32.1. The molecule has 148 valence electrons. The zero-order chi connectivity index (χ0) is 19.7. The minimum absolute atomic E-state index is 0.0261. The number of ether oxygens (including phenoxy) is 2. The lowest BCUT2D eigenvalue weighted by Crippen LogP contribution is -3.14. The van der Waals surface area contributed by atoms with Crippen LogP contribution in [0.4, 0.5) is 4.79 Å². The Labute approximate surface area is 167 Å². The molecule has 4 rings (SSSR count). The van der Waals surface area contributed by atoms with E-state index < -0.39 is 0 Å².